The molecule has 7 heteroatoms. The Bertz CT molecular complexity index is 850. The van der Waals surface area contributed by atoms with Crippen LogP contribution in [0.3, 0.4) is 0 Å². The van der Waals surface area contributed by atoms with Crippen LogP contribution < -0.4 is 14.8 Å². The lowest BCUT2D eigenvalue weighted by molar-refractivity contribution is -0.385. The number of nitrogens with one attached hydrogen (secondary N) is 1. The summed E-state index contributed by atoms with van der Waals surface area (Å²) in [4.78, 5) is 23.4. The van der Waals surface area contributed by atoms with Gasteiger partial charge in [0.2, 0.25) is 0 Å². The first-order valence-corrected chi connectivity index (χ1v) is 8.91. The Balaban J connectivity index is 1.88. The minimum absolute atomic E-state index is 0.0440. The monoisotopic (exact) mass is 370 g/mol. The predicted molar refractivity (Wildman–Crippen MR) is 100 cm³/mol. The van der Waals surface area contributed by atoms with E-state index in [9.17, 15) is 14.9 Å². The van der Waals surface area contributed by atoms with Gasteiger partial charge in [-0.05, 0) is 29.7 Å². The summed E-state index contributed by atoms with van der Waals surface area (Å²) >= 11 is 0. The van der Waals surface area contributed by atoms with Gasteiger partial charge in [0.05, 0.1) is 24.2 Å². The van der Waals surface area contributed by atoms with Gasteiger partial charge in [-0.1, -0.05) is 32.0 Å². The number of benzene rings is 2. The summed E-state index contributed by atoms with van der Waals surface area (Å²) < 4.78 is 11.4. The fourth-order valence-electron chi connectivity index (χ4n) is 3.05. The van der Waals surface area contributed by atoms with Crippen LogP contribution in [0.2, 0.25) is 0 Å². The molecule has 2 aromatic rings. The number of nitro benzene ring substituents is 1. The first-order chi connectivity index (χ1) is 13.0. The summed E-state index contributed by atoms with van der Waals surface area (Å²) in [5.74, 6) is 0.925. The Morgan fingerprint density at radius 2 is 1.81 bits per heavy atom. The SMILES string of the molecule is CC(C)[C@@H](NC(=O)c1ccccc1[N+](=O)[O-])c1ccc2c(c1)OCCCO2. The van der Waals surface area contributed by atoms with Crippen LogP contribution >= 0.6 is 0 Å². The van der Waals surface area contributed by atoms with Crippen LogP contribution in [0, 0.1) is 16.0 Å². The van der Waals surface area contributed by atoms with Crippen LogP contribution in [0.5, 0.6) is 11.5 Å². The molecule has 1 atom stereocenters. The zero-order valence-electron chi connectivity index (χ0n) is 15.3. The molecule has 0 aromatic heterocycles. The molecular formula is C20H22N2O5. The number of ether oxygens (including phenoxy) is 2. The van der Waals surface area contributed by atoms with Crippen LogP contribution in [0.25, 0.3) is 0 Å². The molecule has 1 aliphatic rings. The molecule has 27 heavy (non-hydrogen) atoms. The predicted octanol–water partition coefficient (Wildman–Crippen LogP) is 3.88. The Morgan fingerprint density at radius 1 is 1.11 bits per heavy atom. The topological polar surface area (TPSA) is 90.7 Å². The fourth-order valence-corrected chi connectivity index (χ4v) is 3.05. The summed E-state index contributed by atoms with van der Waals surface area (Å²) in [5.41, 5.74) is 0.694. The molecule has 0 radical (unpaired) electrons. The highest BCUT2D eigenvalue weighted by molar-refractivity contribution is 5.98. The number of nitrogens with zero attached hydrogens (tertiary/aromatic N) is 1. The third-order valence-electron chi connectivity index (χ3n) is 4.43. The molecule has 0 bridgehead atoms. The highest BCUT2D eigenvalue weighted by atomic mass is 16.6. The number of nitro groups is 1. The Morgan fingerprint density at radius 3 is 2.52 bits per heavy atom. The molecule has 0 spiro atoms. The number of amides is 1. The van der Waals surface area contributed by atoms with E-state index in [1.807, 2.05) is 32.0 Å². The maximum Gasteiger partial charge on any atom is 0.282 e. The van der Waals surface area contributed by atoms with Crippen molar-refractivity contribution in [2.45, 2.75) is 26.3 Å². The number of carbonyl (C=O) groups is 1. The van der Waals surface area contributed by atoms with Crippen LogP contribution in [-0.2, 0) is 0 Å². The van der Waals surface area contributed by atoms with Crippen molar-refractivity contribution in [3.63, 3.8) is 0 Å². The van der Waals surface area contributed by atoms with E-state index in [1.165, 1.54) is 12.1 Å². The van der Waals surface area contributed by atoms with Crippen LogP contribution in [0.1, 0.15) is 42.2 Å². The van der Waals surface area contributed by atoms with E-state index in [0.717, 1.165) is 12.0 Å². The summed E-state index contributed by atoms with van der Waals surface area (Å²) in [6, 6.07) is 11.2. The van der Waals surface area contributed by atoms with Crippen molar-refractivity contribution in [2.75, 3.05) is 13.2 Å². The molecule has 0 unspecified atom stereocenters. The molecular weight excluding hydrogens is 348 g/mol. The summed E-state index contributed by atoms with van der Waals surface area (Å²) in [6.07, 6.45) is 0.812. The lowest BCUT2D eigenvalue weighted by atomic mass is 9.95. The van der Waals surface area contributed by atoms with Crippen molar-refractivity contribution < 1.29 is 19.2 Å². The highest BCUT2D eigenvalue weighted by Gasteiger charge is 2.25. The molecule has 1 N–H and O–H groups in total. The average Bonchev–Trinajstić information content (AvgIpc) is 2.90. The number of carbonyl (C=O) groups excluding carboxylic acids is 1. The van der Waals surface area contributed by atoms with Gasteiger partial charge >= 0.3 is 0 Å². The molecule has 3 rings (SSSR count). The molecule has 142 valence electrons. The van der Waals surface area contributed by atoms with Crippen molar-refractivity contribution in [2.24, 2.45) is 5.92 Å². The normalized spacial score (nSPS) is 14.3. The number of para-hydroxylation sites is 1. The summed E-state index contributed by atoms with van der Waals surface area (Å²) in [6.45, 7) is 5.14. The van der Waals surface area contributed by atoms with Crippen LogP contribution in [0.4, 0.5) is 5.69 Å². The second-order valence-corrected chi connectivity index (χ2v) is 6.73. The highest BCUT2D eigenvalue weighted by Crippen LogP contribution is 2.34. The molecule has 1 heterocycles. The van der Waals surface area contributed by atoms with Gasteiger partial charge in [0, 0.05) is 12.5 Å². The van der Waals surface area contributed by atoms with E-state index in [1.54, 1.807) is 12.1 Å². The first-order valence-electron chi connectivity index (χ1n) is 8.91. The quantitative estimate of drug-likeness (QED) is 0.637. The number of rotatable bonds is 5. The maximum absolute atomic E-state index is 12.7. The second-order valence-electron chi connectivity index (χ2n) is 6.73. The number of hydrogen-bond donors (Lipinski definition) is 1. The van der Waals surface area contributed by atoms with E-state index in [2.05, 4.69) is 5.32 Å². The van der Waals surface area contributed by atoms with Gasteiger partial charge in [0.25, 0.3) is 11.6 Å². The van der Waals surface area contributed by atoms with Crippen molar-refractivity contribution in [3.8, 4) is 11.5 Å². The first kappa shape index (κ1) is 18.7. The van der Waals surface area contributed by atoms with Crippen LogP contribution in [0.15, 0.2) is 42.5 Å². The fraction of sp³-hybridized carbons (Fsp3) is 0.350. The zero-order chi connectivity index (χ0) is 19.4. The van der Waals surface area contributed by atoms with Gasteiger partial charge in [0.15, 0.2) is 11.5 Å². The van der Waals surface area contributed by atoms with Gasteiger partial charge in [-0.3, -0.25) is 14.9 Å². The van der Waals surface area contributed by atoms with Crippen LogP contribution in [-0.4, -0.2) is 24.0 Å². The third-order valence-corrected chi connectivity index (χ3v) is 4.43. The van der Waals surface area contributed by atoms with E-state index in [-0.39, 0.29) is 23.2 Å². The molecule has 2 aromatic carbocycles. The Hall–Kier alpha value is -3.09. The smallest absolute Gasteiger partial charge is 0.282 e. The lowest BCUT2D eigenvalue weighted by Crippen LogP contribution is -2.32. The molecule has 1 amide bonds. The molecule has 0 aliphatic carbocycles. The van der Waals surface area contributed by atoms with Crippen molar-refractivity contribution in [3.05, 3.63) is 63.7 Å². The molecule has 7 nitrogen and oxygen atoms in total. The summed E-state index contributed by atoms with van der Waals surface area (Å²) in [7, 11) is 0. The summed E-state index contributed by atoms with van der Waals surface area (Å²) in [5, 5.41) is 14.1. The largest absolute Gasteiger partial charge is 0.490 e. The zero-order valence-corrected chi connectivity index (χ0v) is 15.3. The minimum atomic E-state index is -0.549. The third kappa shape index (κ3) is 4.19. The van der Waals surface area contributed by atoms with E-state index in [0.29, 0.717) is 24.7 Å². The van der Waals surface area contributed by atoms with Crippen molar-refractivity contribution >= 4 is 11.6 Å². The van der Waals surface area contributed by atoms with Gasteiger partial charge in [-0.2, -0.15) is 0 Å². The number of fused-ring (bicyclic) bond motifs is 1. The lowest BCUT2D eigenvalue weighted by Gasteiger charge is -2.24. The maximum atomic E-state index is 12.7. The van der Waals surface area contributed by atoms with E-state index >= 15 is 0 Å². The molecule has 1 aliphatic heterocycles. The van der Waals surface area contributed by atoms with Crippen molar-refractivity contribution in [1.82, 2.24) is 5.32 Å². The van der Waals surface area contributed by atoms with Gasteiger partial charge in [-0.15, -0.1) is 0 Å². The van der Waals surface area contributed by atoms with Gasteiger partial charge < -0.3 is 14.8 Å². The Labute approximate surface area is 157 Å². The van der Waals surface area contributed by atoms with E-state index in [4.69, 9.17) is 9.47 Å². The molecule has 0 saturated heterocycles. The molecule has 0 fully saturated rings. The standard InChI is InChI=1S/C20H22N2O5/c1-13(2)19(14-8-9-17-18(12-14)27-11-5-10-26-17)21-20(23)15-6-3-4-7-16(15)22(24)25/h3-4,6-9,12-13,19H,5,10-11H2,1-2H3,(H,21,23)/t19-/m1/s1. The van der Waals surface area contributed by atoms with Crippen molar-refractivity contribution in [1.29, 1.82) is 0 Å². The van der Waals surface area contributed by atoms with Gasteiger partial charge in [0.1, 0.15) is 5.56 Å². The van der Waals surface area contributed by atoms with E-state index < -0.39 is 10.8 Å². The second kappa shape index (κ2) is 8.07. The average molecular weight is 370 g/mol. The minimum Gasteiger partial charge on any atom is -0.490 e. The Kier molecular flexibility index (Phi) is 5.59. The van der Waals surface area contributed by atoms with Gasteiger partial charge in [-0.25, -0.2) is 0 Å². The number of hydrogen-bond acceptors (Lipinski definition) is 5. The molecule has 0 saturated carbocycles.